The van der Waals surface area contributed by atoms with Crippen molar-refractivity contribution < 1.29 is 8.95 Å². The van der Waals surface area contributed by atoms with Crippen molar-refractivity contribution in [2.45, 2.75) is 12.8 Å². The number of benzene rings is 2. The summed E-state index contributed by atoms with van der Waals surface area (Å²) in [5, 5.41) is 1.05. The number of nitrogens with one attached hydrogen (secondary N) is 2. The third-order valence-electron chi connectivity index (χ3n) is 4.16. The molecule has 8 heteroatoms. The Kier molecular flexibility index (Phi) is 11.5. The zero-order valence-electron chi connectivity index (χ0n) is 17.0. The van der Waals surface area contributed by atoms with E-state index in [4.69, 9.17) is 4.74 Å². The number of alkyl halides is 1. The second kappa shape index (κ2) is 13.9. The van der Waals surface area contributed by atoms with Gasteiger partial charge in [0.25, 0.3) is 0 Å². The first-order chi connectivity index (χ1) is 14.1. The number of nitrogens with zero attached hydrogens (tertiary/aromatic N) is 1. The molecule has 2 rings (SSSR count). The molecule has 0 aliphatic heterocycles. The van der Waals surface area contributed by atoms with Gasteiger partial charge >= 0.3 is 0 Å². The first-order valence-corrected chi connectivity index (χ1v) is 13.3. The van der Waals surface area contributed by atoms with Gasteiger partial charge in [0.15, 0.2) is 0 Å². The van der Waals surface area contributed by atoms with Gasteiger partial charge in [0.2, 0.25) is 0 Å². The zero-order valence-corrected chi connectivity index (χ0v) is 20.2. The Morgan fingerprint density at radius 2 is 1.76 bits per heavy atom. The van der Waals surface area contributed by atoms with Crippen molar-refractivity contribution in [2.75, 3.05) is 53.5 Å². The predicted octanol–water partition coefficient (Wildman–Crippen LogP) is 4.79. The average Bonchev–Trinajstić information content (AvgIpc) is 2.71. The van der Waals surface area contributed by atoms with E-state index in [2.05, 4.69) is 61.6 Å². The van der Waals surface area contributed by atoms with E-state index in [0.29, 0.717) is 6.61 Å². The maximum absolute atomic E-state index is 11.1. The molecule has 160 valence electrons. The minimum Gasteiger partial charge on any atom is -0.492 e. The largest absolute Gasteiger partial charge is 0.492 e. The summed E-state index contributed by atoms with van der Waals surface area (Å²) < 4.78 is 23.2. The average molecular weight is 501 g/mol. The van der Waals surface area contributed by atoms with Crippen LogP contribution in [-0.2, 0) is 17.4 Å². The summed E-state index contributed by atoms with van der Waals surface area (Å²) in [7, 11) is 1.05. The van der Waals surface area contributed by atoms with E-state index in [9.17, 15) is 4.21 Å². The van der Waals surface area contributed by atoms with Crippen LogP contribution in [0, 0.1) is 0 Å². The molecule has 0 aliphatic rings. The second-order valence-electron chi connectivity index (χ2n) is 6.67. The van der Waals surface area contributed by atoms with Crippen LogP contribution >= 0.6 is 27.9 Å². The van der Waals surface area contributed by atoms with Crippen molar-refractivity contribution in [1.82, 2.24) is 4.90 Å². The Bertz CT molecular complexity index is 730. The van der Waals surface area contributed by atoms with Gasteiger partial charge in [-0.2, -0.15) is 0 Å². The fourth-order valence-electron chi connectivity index (χ4n) is 2.54. The molecule has 0 saturated heterocycles. The van der Waals surface area contributed by atoms with E-state index in [0.717, 1.165) is 54.1 Å². The van der Waals surface area contributed by atoms with Gasteiger partial charge in [0.05, 0.1) is 0 Å². The van der Waals surface area contributed by atoms with E-state index < -0.39 is 11.0 Å². The van der Waals surface area contributed by atoms with Gasteiger partial charge in [-0.25, -0.2) is 4.21 Å². The maximum Gasteiger partial charge on any atom is 0.119 e. The Morgan fingerprint density at radius 3 is 2.41 bits per heavy atom. The van der Waals surface area contributed by atoms with Crippen LogP contribution in [0.4, 0.5) is 11.4 Å². The summed E-state index contributed by atoms with van der Waals surface area (Å²) in [5.41, 5.74) is 3.32. The Morgan fingerprint density at radius 1 is 1.07 bits per heavy atom. The summed E-state index contributed by atoms with van der Waals surface area (Å²) in [5.74, 6) is 1.92. The Hall–Kier alpha value is -1.22. The van der Waals surface area contributed by atoms with Gasteiger partial charge in [-0.15, -0.1) is 0 Å². The summed E-state index contributed by atoms with van der Waals surface area (Å²) in [6, 6.07) is 16.2. The molecule has 2 N–H and O–H groups in total. The van der Waals surface area contributed by atoms with Crippen LogP contribution in [0.25, 0.3) is 0 Å². The fraction of sp³-hybridized carbons (Fsp3) is 0.429. The predicted molar refractivity (Wildman–Crippen MR) is 132 cm³/mol. The smallest absolute Gasteiger partial charge is 0.119 e. The summed E-state index contributed by atoms with van der Waals surface area (Å²) >= 11 is 5.19. The van der Waals surface area contributed by atoms with Crippen molar-refractivity contribution in [2.24, 2.45) is 0 Å². The van der Waals surface area contributed by atoms with E-state index in [1.165, 1.54) is 5.56 Å². The van der Waals surface area contributed by atoms with Crippen LogP contribution in [-0.4, -0.2) is 53.2 Å². The molecular formula is C21H30BrN3O2S2. The highest BCUT2D eigenvalue weighted by Crippen LogP contribution is 2.17. The molecule has 0 aromatic heterocycles. The molecule has 2 aromatic carbocycles. The molecule has 29 heavy (non-hydrogen) atoms. The lowest BCUT2D eigenvalue weighted by Crippen LogP contribution is -2.26. The van der Waals surface area contributed by atoms with Gasteiger partial charge in [-0.1, -0.05) is 40.0 Å². The van der Waals surface area contributed by atoms with Crippen molar-refractivity contribution in [3.8, 4) is 5.75 Å². The summed E-state index contributed by atoms with van der Waals surface area (Å²) in [6.45, 7) is 2.49. The van der Waals surface area contributed by atoms with E-state index in [1.807, 2.05) is 24.3 Å². The zero-order chi connectivity index (χ0) is 20.9. The number of rotatable bonds is 14. The third kappa shape index (κ3) is 10.4. The number of hydrogen-bond acceptors (Lipinski definition) is 5. The van der Waals surface area contributed by atoms with E-state index in [-0.39, 0.29) is 0 Å². The highest BCUT2D eigenvalue weighted by atomic mass is 79.9. The highest BCUT2D eigenvalue weighted by molar-refractivity contribution is 9.09. The van der Waals surface area contributed by atoms with Crippen LogP contribution in [0.15, 0.2) is 48.5 Å². The van der Waals surface area contributed by atoms with Gasteiger partial charge in [0, 0.05) is 41.8 Å². The number of hydrogen-bond donors (Lipinski definition) is 2. The molecule has 1 unspecified atom stereocenters. The molecule has 1 atom stereocenters. The molecule has 0 heterocycles. The molecule has 0 amide bonds. The number of ether oxygens (including phenoxy) is 1. The van der Waals surface area contributed by atoms with Crippen LogP contribution in [0.2, 0.25) is 0 Å². The molecule has 0 aliphatic carbocycles. The van der Waals surface area contributed by atoms with Gasteiger partial charge in [0.1, 0.15) is 23.3 Å². The lowest BCUT2D eigenvalue weighted by atomic mass is 10.1. The minimum atomic E-state index is -1.06. The molecule has 5 nitrogen and oxygen atoms in total. The third-order valence-corrected chi connectivity index (χ3v) is 6.12. The topological polar surface area (TPSA) is 53.6 Å². The highest BCUT2D eigenvalue weighted by Gasteiger charge is 2.02. The molecule has 0 radical (unpaired) electrons. The lowest BCUT2D eigenvalue weighted by molar-refractivity contribution is 0.239. The molecule has 0 fully saturated rings. The SMILES string of the molecule is CN(CCOc1ccc(NS(C)=O)cc1)CCc1ccc(NSCCCBr)cc1. The number of anilines is 2. The maximum atomic E-state index is 11.1. The first-order valence-electron chi connectivity index (χ1n) is 9.61. The monoisotopic (exact) mass is 499 g/mol. The minimum absolute atomic E-state index is 0.636. The molecule has 2 aromatic rings. The number of halogens is 1. The number of likely N-dealkylation sites (N-methyl/N-ethyl adjacent to an activating group) is 1. The summed E-state index contributed by atoms with van der Waals surface area (Å²) in [4.78, 5) is 2.28. The van der Waals surface area contributed by atoms with Crippen molar-refractivity contribution in [3.05, 3.63) is 54.1 Å². The summed E-state index contributed by atoms with van der Waals surface area (Å²) in [6.07, 6.45) is 3.79. The quantitative estimate of drug-likeness (QED) is 0.222. The Balaban J connectivity index is 1.62. The Labute approximate surface area is 189 Å². The van der Waals surface area contributed by atoms with E-state index >= 15 is 0 Å². The van der Waals surface area contributed by atoms with Crippen LogP contribution in [0.5, 0.6) is 5.75 Å². The van der Waals surface area contributed by atoms with Gasteiger partial charge < -0.3 is 19.1 Å². The lowest BCUT2D eigenvalue weighted by Gasteiger charge is -2.17. The second-order valence-corrected chi connectivity index (χ2v) is 9.48. The standard InChI is InChI=1S/C21H30BrN3O2S2/c1-25(15-16-27-21-10-8-20(9-11-21)24-29(2)26)14-12-18-4-6-19(7-5-18)23-28-17-3-13-22/h4-11,23-24H,3,12-17H2,1-2H3. The molecule has 0 saturated carbocycles. The van der Waals surface area contributed by atoms with Gasteiger partial charge in [-0.05, 0) is 61.9 Å². The first kappa shape index (κ1) is 24.1. The van der Waals surface area contributed by atoms with Crippen molar-refractivity contribution >= 4 is 50.2 Å². The molecule has 0 spiro atoms. The van der Waals surface area contributed by atoms with E-state index in [1.54, 1.807) is 18.2 Å². The van der Waals surface area contributed by atoms with Gasteiger partial charge in [-0.3, -0.25) is 0 Å². The van der Waals surface area contributed by atoms with Crippen molar-refractivity contribution in [1.29, 1.82) is 0 Å². The molecular weight excluding hydrogens is 470 g/mol. The van der Waals surface area contributed by atoms with Crippen LogP contribution < -0.4 is 14.2 Å². The fourth-order valence-corrected chi connectivity index (χ4v) is 4.35. The van der Waals surface area contributed by atoms with Crippen molar-refractivity contribution in [3.63, 3.8) is 0 Å². The van der Waals surface area contributed by atoms with Crippen LogP contribution in [0.1, 0.15) is 12.0 Å². The normalized spacial score (nSPS) is 12.0. The molecule has 0 bridgehead atoms. The van der Waals surface area contributed by atoms with Crippen LogP contribution in [0.3, 0.4) is 0 Å².